The highest BCUT2D eigenvalue weighted by Gasteiger charge is 2.57. The normalized spacial score (nSPS) is 22.4. The summed E-state index contributed by atoms with van der Waals surface area (Å²) in [4.78, 5) is 24.6. The molecule has 0 bridgehead atoms. The molecule has 6 nitrogen and oxygen atoms in total. The molecule has 0 heterocycles. The van der Waals surface area contributed by atoms with Gasteiger partial charge in [-0.25, -0.2) is 0 Å². The van der Waals surface area contributed by atoms with Gasteiger partial charge in [-0.1, -0.05) is 43.7 Å². The minimum absolute atomic E-state index is 0.0159. The number of ether oxygens (including phenoxy) is 1. The average Bonchev–Trinajstić information content (AvgIpc) is 2.76. The Morgan fingerprint density at radius 3 is 2.39 bits per heavy atom. The largest absolute Gasteiger partial charge is 0.481 e. The molecule has 3 N–H and O–H groups in total. The van der Waals surface area contributed by atoms with Crippen LogP contribution >= 0.6 is 0 Å². The van der Waals surface area contributed by atoms with Gasteiger partial charge in [0.15, 0.2) is 0 Å². The topological polar surface area (TPSA) is 95.9 Å². The highest BCUT2D eigenvalue weighted by atomic mass is 16.5. The number of aliphatic carboxylic acids is 1. The van der Waals surface area contributed by atoms with Crippen molar-refractivity contribution in [2.45, 2.75) is 45.6 Å². The van der Waals surface area contributed by atoms with Gasteiger partial charge >= 0.3 is 5.97 Å². The van der Waals surface area contributed by atoms with Gasteiger partial charge in [-0.05, 0) is 60.9 Å². The van der Waals surface area contributed by atoms with Crippen LogP contribution in [0, 0.1) is 17.3 Å². The third-order valence-corrected chi connectivity index (χ3v) is 6.30. The maximum absolute atomic E-state index is 13.2. The summed E-state index contributed by atoms with van der Waals surface area (Å²) in [5.41, 5.74) is 0.282. The summed E-state index contributed by atoms with van der Waals surface area (Å²) >= 11 is 0. The van der Waals surface area contributed by atoms with Crippen LogP contribution in [0.2, 0.25) is 0 Å². The summed E-state index contributed by atoms with van der Waals surface area (Å²) < 4.78 is 5.79. The second-order valence-electron chi connectivity index (χ2n) is 8.33. The van der Waals surface area contributed by atoms with Crippen LogP contribution in [-0.2, 0) is 16.1 Å². The van der Waals surface area contributed by atoms with E-state index in [0.29, 0.717) is 25.8 Å². The van der Waals surface area contributed by atoms with Crippen molar-refractivity contribution in [2.75, 3.05) is 6.61 Å². The predicted molar refractivity (Wildman–Crippen MR) is 118 cm³/mol. The van der Waals surface area contributed by atoms with Crippen LogP contribution in [0.15, 0.2) is 54.6 Å². The number of carboxylic acid groups (broad SMARTS) is 1. The van der Waals surface area contributed by atoms with Gasteiger partial charge in [0.05, 0.1) is 5.41 Å². The standard InChI is InChI=1S/C25H31NO5/c1-2-13-25(16-19(12-14-27)22(25)15-23(28)29)24(30)26-17-18-8-10-21(11-9-18)31-20-6-4-3-5-7-20/h3-11,19,22,27H,2,12-17H2,1H3,(H,26,30)(H,28,29). The lowest BCUT2D eigenvalue weighted by atomic mass is 9.49. The highest BCUT2D eigenvalue weighted by molar-refractivity contribution is 5.85. The summed E-state index contributed by atoms with van der Waals surface area (Å²) in [6, 6.07) is 17.1. The Balaban J connectivity index is 1.62. The van der Waals surface area contributed by atoms with Crippen molar-refractivity contribution in [3.05, 3.63) is 60.2 Å². The van der Waals surface area contributed by atoms with Crippen molar-refractivity contribution in [3.63, 3.8) is 0 Å². The number of carboxylic acids is 1. The smallest absolute Gasteiger partial charge is 0.303 e. The highest BCUT2D eigenvalue weighted by Crippen LogP contribution is 2.57. The van der Waals surface area contributed by atoms with Gasteiger partial charge in [0, 0.05) is 19.6 Å². The van der Waals surface area contributed by atoms with E-state index in [1.807, 2.05) is 61.5 Å². The summed E-state index contributed by atoms with van der Waals surface area (Å²) in [5.74, 6) is 0.342. The molecule has 1 amide bonds. The first-order chi connectivity index (χ1) is 15.0. The zero-order chi connectivity index (χ0) is 22.3. The Kier molecular flexibility index (Phi) is 7.69. The van der Waals surface area contributed by atoms with E-state index in [1.165, 1.54) is 0 Å². The van der Waals surface area contributed by atoms with Gasteiger partial charge in [0.1, 0.15) is 11.5 Å². The van der Waals surface area contributed by atoms with Crippen molar-refractivity contribution in [1.82, 2.24) is 5.32 Å². The molecule has 6 heteroatoms. The lowest BCUT2D eigenvalue weighted by Crippen LogP contribution is -2.57. The molecule has 0 aliphatic heterocycles. The zero-order valence-corrected chi connectivity index (χ0v) is 17.9. The van der Waals surface area contributed by atoms with Crippen LogP contribution in [0.4, 0.5) is 0 Å². The fourth-order valence-corrected chi connectivity index (χ4v) is 4.84. The second kappa shape index (κ2) is 10.4. The zero-order valence-electron chi connectivity index (χ0n) is 17.9. The van der Waals surface area contributed by atoms with E-state index in [9.17, 15) is 19.8 Å². The van der Waals surface area contributed by atoms with Crippen molar-refractivity contribution in [1.29, 1.82) is 0 Å². The Hall–Kier alpha value is -2.86. The molecule has 166 valence electrons. The minimum Gasteiger partial charge on any atom is -0.481 e. The number of hydrogen-bond donors (Lipinski definition) is 3. The number of benzene rings is 2. The number of nitrogens with one attached hydrogen (secondary N) is 1. The van der Waals surface area contributed by atoms with Gasteiger partial charge in [0.25, 0.3) is 0 Å². The lowest BCUT2D eigenvalue weighted by molar-refractivity contribution is -0.159. The number of aliphatic hydroxyl groups excluding tert-OH is 1. The quantitative estimate of drug-likeness (QED) is 0.497. The van der Waals surface area contributed by atoms with Gasteiger partial charge in [-0.3, -0.25) is 9.59 Å². The molecular weight excluding hydrogens is 394 g/mol. The first-order valence-electron chi connectivity index (χ1n) is 10.9. The number of aliphatic hydroxyl groups is 1. The number of hydrogen-bond acceptors (Lipinski definition) is 4. The van der Waals surface area contributed by atoms with Crippen LogP contribution in [0.25, 0.3) is 0 Å². The fraction of sp³-hybridized carbons (Fsp3) is 0.440. The number of carbonyl (C=O) groups is 2. The molecule has 3 unspecified atom stereocenters. The summed E-state index contributed by atoms with van der Waals surface area (Å²) in [6.07, 6.45) is 2.60. The summed E-state index contributed by atoms with van der Waals surface area (Å²) in [7, 11) is 0. The van der Waals surface area contributed by atoms with Gasteiger partial charge in [-0.2, -0.15) is 0 Å². The molecule has 0 aromatic heterocycles. The van der Waals surface area contributed by atoms with Gasteiger partial charge < -0.3 is 20.3 Å². The molecule has 0 spiro atoms. The Morgan fingerprint density at radius 2 is 1.77 bits per heavy atom. The second-order valence-corrected chi connectivity index (χ2v) is 8.33. The Labute approximate surface area is 183 Å². The Bertz CT molecular complexity index is 867. The number of amides is 1. The van der Waals surface area contributed by atoms with Crippen LogP contribution in [0.1, 0.15) is 44.6 Å². The molecule has 0 radical (unpaired) electrons. The van der Waals surface area contributed by atoms with Gasteiger partial charge in [0.2, 0.25) is 5.91 Å². The van der Waals surface area contributed by atoms with Gasteiger partial charge in [-0.15, -0.1) is 0 Å². The fourth-order valence-electron chi connectivity index (χ4n) is 4.84. The maximum Gasteiger partial charge on any atom is 0.303 e. The van der Waals surface area contributed by atoms with Crippen LogP contribution in [0.5, 0.6) is 11.5 Å². The van der Waals surface area contributed by atoms with Crippen molar-refractivity contribution in [2.24, 2.45) is 17.3 Å². The molecular formula is C25H31NO5. The van der Waals surface area contributed by atoms with E-state index in [0.717, 1.165) is 23.5 Å². The summed E-state index contributed by atoms with van der Waals surface area (Å²) in [6.45, 7) is 2.40. The SMILES string of the molecule is CCCC1(C(=O)NCc2ccc(Oc3ccccc3)cc2)CC(CCO)C1CC(=O)O. The molecule has 1 saturated carbocycles. The van der Waals surface area contributed by atoms with E-state index in [-0.39, 0.29) is 30.8 Å². The van der Waals surface area contributed by atoms with Crippen molar-refractivity contribution >= 4 is 11.9 Å². The molecule has 1 fully saturated rings. The Morgan fingerprint density at radius 1 is 1.10 bits per heavy atom. The molecule has 31 heavy (non-hydrogen) atoms. The van der Waals surface area contributed by atoms with Crippen molar-refractivity contribution < 1.29 is 24.5 Å². The minimum atomic E-state index is -0.894. The third kappa shape index (κ3) is 5.44. The van der Waals surface area contributed by atoms with E-state index in [4.69, 9.17) is 4.74 Å². The average molecular weight is 426 g/mol. The maximum atomic E-state index is 13.2. The van der Waals surface area contributed by atoms with E-state index in [1.54, 1.807) is 0 Å². The van der Waals surface area contributed by atoms with Crippen LogP contribution in [-0.4, -0.2) is 28.7 Å². The summed E-state index contributed by atoms with van der Waals surface area (Å²) in [5, 5.41) is 21.7. The van der Waals surface area contributed by atoms with E-state index < -0.39 is 11.4 Å². The number of para-hydroxylation sites is 1. The predicted octanol–water partition coefficient (Wildman–Crippen LogP) is 4.37. The van der Waals surface area contributed by atoms with Crippen molar-refractivity contribution in [3.8, 4) is 11.5 Å². The lowest BCUT2D eigenvalue weighted by Gasteiger charge is -2.54. The molecule has 1 aliphatic rings. The molecule has 2 aromatic carbocycles. The molecule has 3 rings (SSSR count). The third-order valence-electron chi connectivity index (χ3n) is 6.30. The van der Waals surface area contributed by atoms with E-state index in [2.05, 4.69) is 5.32 Å². The molecule has 1 aliphatic carbocycles. The van der Waals surface area contributed by atoms with Crippen LogP contribution in [0.3, 0.4) is 0 Å². The first kappa shape index (κ1) is 22.8. The van der Waals surface area contributed by atoms with Crippen LogP contribution < -0.4 is 10.1 Å². The van der Waals surface area contributed by atoms with E-state index >= 15 is 0 Å². The monoisotopic (exact) mass is 425 g/mol. The molecule has 0 saturated heterocycles. The molecule has 3 atom stereocenters. The number of rotatable bonds is 11. The molecule has 2 aromatic rings. The first-order valence-corrected chi connectivity index (χ1v) is 10.9. The number of carbonyl (C=O) groups excluding carboxylic acids is 1.